The van der Waals surface area contributed by atoms with Crippen LogP contribution in [0.25, 0.3) is 0 Å². The number of nitrogens with one attached hydrogen (secondary N) is 3. The molecule has 0 aliphatic heterocycles. The van der Waals surface area contributed by atoms with Crippen molar-refractivity contribution in [3.8, 4) is 11.5 Å². The van der Waals surface area contributed by atoms with Gasteiger partial charge < -0.3 is 39.7 Å². The molecule has 0 fully saturated rings. The number of carbonyl (C=O) groups is 4. The molecule has 258 valence electrons. The molecule has 11 nitrogen and oxygen atoms in total. The molecule has 48 heavy (non-hydrogen) atoms. The maximum atomic E-state index is 13.4. The number of hydrogen-bond acceptors (Lipinski definition) is 8. The lowest BCUT2D eigenvalue weighted by Crippen LogP contribution is -2.33. The number of alkyl carbamates (subject to hydrolysis) is 1. The molecule has 0 bridgehead atoms. The largest absolute Gasteiger partial charge is 0.493 e. The molecule has 11 heteroatoms. The SMILES string of the molecule is COCc1cc(C(=O)Nc2ccc(C)cc2OCCCCCC=O)ccc1NC(=O)c1ccccc1OCCCNC(=O)OC(C)(C)C. The van der Waals surface area contributed by atoms with Gasteiger partial charge in [0.2, 0.25) is 0 Å². The van der Waals surface area contributed by atoms with Gasteiger partial charge >= 0.3 is 6.09 Å². The number of hydrogen-bond donors (Lipinski definition) is 3. The summed E-state index contributed by atoms with van der Waals surface area (Å²) in [6.45, 7) is 8.58. The van der Waals surface area contributed by atoms with Crippen LogP contribution in [0.4, 0.5) is 16.2 Å². The first kappa shape index (κ1) is 37.6. The summed E-state index contributed by atoms with van der Waals surface area (Å²) in [4.78, 5) is 49.1. The number of para-hydroxylation sites is 1. The van der Waals surface area contributed by atoms with E-state index in [1.54, 1.807) is 69.3 Å². The van der Waals surface area contributed by atoms with Crippen molar-refractivity contribution in [3.63, 3.8) is 0 Å². The van der Waals surface area contributed by atoms with Gasteiger partial charge in [-0.2, -0.15) is 0 Å². The molecule has 0 radical (unpaired) electrons. The zero-order chi connectivity index (χ0) is 34.9. The number of aldehydes is 1. The van der Waals surface area contributed by atoms with Crippen LogP contribution in [0, 0.1) is 6.92 Å². The van der Waals surface area contributed by atoms with Crippen LogP contribution < -0.4 is 25.4 Å². The van der Waals surface area contributed by atoms with Gasteiger partial charge in [-0.3, -0.25) is 9.59 Å². The highest BCUT2D eigenvalue weighted by molar-refractivity contribution is 6.08. The lowest BCUT2D eigenvalue weighted by molar-refractivity contribution is -0.107. The molecule has 3 rings (SSSR count). The number of ether oxygens (including phenoxy) is 4. The normalized spacial score (nSPS) is 10.9. The van der Waals surface area contributed by atoms with Crippen molar-refractivity contribution in [1.29, 1.82) is 0 Å². The Morgan fingerprint density at radius 2 is 1.50 bits per heavy atom. The van der Waals surface area contributed by atoms with Crippen LogP contribution in [0.2, 0.25) is 0 Å². The van der Waals surface area contributed by atoms with E-state index < -0.39 is 11.7 Å². The third kappa shape index (κ3) is 12.7. The molecule has 0 aliphatic carbocycles. The van der Waals surface area contributed by atoms with Crippen molar-refractivity contribution in [2.75, 3.05) is 37.5 Å². The molecule has 0 aromatic heterocycles. The number of carbonyl (C=O) groups excluding carboxylic acids is 4. The summed E-state index contributed by atoms with van der Waals surface area (Å²) >= 11 is 0. The van der Waals surface area contributed by atoms with Gasteiger partial charge in [0.25, 0.3) is 11.8 Å². The molecule has 0 heterocycles. The van der Waals surface area contributed by atoms with Gasteiger partial charge in [-0.25, -0.2) is 4.79 Å². The maximum Gasteiger partial charge on any atom is 0.407 e. The monoisotopic (exact) mass is 661 g/mol. The first-order chi connectivity index (χ1) is 23.0. The van der Waals surface area contributed by atoms with Crippen LogP contribution in [0.1, 0.15) is 84.7 Å². The second kappa shape index (κ2) is 19.0. The maximum absolute atomic E-state index is 13.4. The van der Waals surface area contributed by atoms with E-state index in [4.69, 9.17) is 18.9 Å². The lowest BCUT2D eigenvalue weighted by Gasteiger charge is -2.19. The van der Waals surface area contributed by atoms with Crippen molar-refractivity contribution < 1.29 is 38.1 Å². The second-order valence-electron chi connectivity index (χ2n) is 12.2. The Bertz CT molecular complexity index is 1530. The average molecular weight is 662 g/mol. The van der Waals surface area contributed by atoms with E-state index in [9.17, 15) is 19.2 Å². The van der Waals surface area contributed by atoms with Crippen LogP contribution in [-0.2, 0) is 20.9 Å². The minimum Gasteiger partial charge on any atom is -0.493 e. The Morgan fingerprint density at radius 3 is 2.25 bits per heavy atom. The van der Waals surface area contributed by atoms with Gasteiger partial charge in [-0.15, -0.1) is 0 Å². The van der Waals surface area contributed by atoms with Crippen molar-refractivity contribution in [2.45, 2.75) is 72.0 Å². The number of methoxy groups -OCH3 is 1. The molecule has 0 spiro atoms. The van der Waals surface area contributed by atoms with Crippen LogP contribution >= 0.6 is 0 Å². The zero-order valence-corrected chi connectivity index (χ0v) is 28.5. The number of rotatable bonds is 18. The van der Waals surface area contributed by atoms with E-state index in [1.165, 1.54) is 7.11 Å². The Kier molecular flexibility index (Phi) is 14.9. The fourth-order valence-corrected chi connectivity index (χ4v) is 4.60. The third-order valence-electron chi connectivity index (χ3n) is 6.90. The Labute approximate surface area is 282 Å². The van der Waals surface area contributed by atoms with Crippen LogP contribution in [-0.4, -0.2) is 56.7 Å². The van der Waals surface area contributed by atoms with Crippen LogP contribution in [0.3, 0.4) is 0 Å². The summed E-state index contributed by atoms with van der Waals surface area (Å²) in [5, 5.41) is 8.54. The van der Waals surface area contributed by atoms with Crippen LogP contribution in [0.15, 0.2) is 60.7 Å². The van der Waals surface area contributed by atoms with Gasteiger partial charge in [-0.05, 0) is 101 Å². The number of anilines is 2. The van der Waals surface area contributed by atoms with E-state index in [-0.39, 0.29) is 25.0 Å². The molecule has 0 saturated carbocycles. The predicted octanol–water partition coefficient (Wildman–Crippen LogP) is 7.08. The average Bonchev–Trinajstić information content (AvgIpc) is 3.04. The van der Waals surface area contributed by atoms with E-state index in [0.29, 0.717) is 65.6 Å². The molecule has 3 amide bonds. The number of amides is 3. The molecule has 0 saturated heterocycles. The highest BCUT2D eigenvalue weighted by Gasteiger charge is 2.18. The van der Waals surface area contributed by atoms with E-state index >= 15 is 0 Å². The fourth-order valence-electron chi connectivity index (χ4n) is 4.60. The fraction of sp³-hybridized carbons (Fsp3) is 0.405. The smallest absolute Gasteiger partial charge is 0.407 e. The number of unbranched alkanes of at least 4 members (excludes halogenated alkanes) is 3. The van der Waals surface area contributed by atoms with Crippen molar-refractivity contribution >= 4 is 35.6 Å². The Morgan fingerprint density at radius 1 is 0.792 bits per heavy atom. The molecule has 0 aliphatic rings. The molecule has 0 unspecified atom stereocenters. The van der Waals surface area contributed by atoms with Crippen LogP contribution in [0.5, 0.6) is 11.5 Å². The van der Waals surface area contributed by atoms with Crippen molar-refractivity contribution in [3.05, 3.63) is 82.9 Å². The van der Waals surface area contributed by atoms with Gasteiger partial charge in [0.05, 0.1) is 31.1 Å². The summed E-state index contributed by atoms with van der Waals surface area (Å²) in [7, 11) is 1.54. The van der Waals surface area contributed by atoms with Crippen molar-refractivity contribution in [1.82, 2.24) is 5.32 Å². The van der Waals surface area contributed by atoms with Gasteiger partial charge in [-0.1, -0.05) is 18.2 Å². The zero-order valence-electron chi connectivity index (χ0n) is 28.5. The van der Waals surface area contributed by atoms with E-state index in [1.807, 2.05) is 19.1 Å². The summed E-state index contributed by atoms with van der Waals surface area (Å²) in [6, 6.07) is 17.4. The molecule has 3 N–H and O–H groups in total. The number of aryl methyl sites for hydroxylation is 1. The minimum absolute atomic E-state index is 0.155. The first-order valence-corrected chi connectivity index (χ1v) is 16.1. The number of benzene rings is 3. The highest BCUT2D eigenvalue weighted by atomic mass is 16.6. The van der Waals surface area contributed by atoms with Gasteiger partial charge in [0.15, 0.2) is 0 Å². The topological polar surface area (TPSA) is 141 Å². The summed E-state index contributed by atoms with van der Waals surface area (Å²) in [5.41, 5.74) is 2.77. The summed E-state index contributed by atoms with van der Waals surface area (Å²) in [5.74, 6) is 0.234. The molecular weight excluding hydrogens is 614 g/mol. The van der Waals surface area contributed by atoms with E-state index in [2.05, 4.69) is 16.0 Å². The van der Waals surface area contributed by atoms with Gasteiger partial charge in [0, 0.05) is 36.9 Å². The molecule has 3 aromatic rings. The van der Waals surface area contributed by atoms with E-state index in [0.717, 1.165) is 31.1 Å². The lowest BCUT2D eigenvalue weighted by atomic mass is 10.1. The summed E-state index contributed by atoms with van der Waals surface area (Å²) in [6.07, 6.45) is 3.97. The summed E-state index contributed by atoms with van der Waals surface area (Å²) < 4.78 is 22.5. The minimum atomic E-state index is -0.580. The molecule has 0 atom stereocenters. The second-order valence-corrected chi connectivity index (χ2v) is 12.2. The highest BCUT2D eigenvalue weighted by Crippen LogP contribution is 2.28. The van der Waals surface area contributed by atoms with Crippen molar-refractivity contribution in [2.24, 2.45) is 0 Å². The van der Waals surface area contributed by atoms with Gasteiger partial charge in [0.1, 0.15) is 23.4 Å². The molecule has 3 aromatic carbocycles. The third-order valence-corrected chi connectivity index (χ3v) is 6.90. The first-order valence-electron chi connectivity index (χ1n) is 16.1. The standard InChI is InChI=1S/C37H47N3O8/c1-26-15-17-31(33(23-26)47-21-11-7-6-10-20-41)40-34(42)27-16-18-30(28(24-27)25-45-5)39-35(43)29-13-8-9-14-32(29)46-22-12-19-38-36(44)48-37(2,3)4/h8-9,13-18,20,23-24H,6-7,10-12,19,21-22,25H2,1-5H3,(H,38,44)(H,39,43)(H,40,42). The Balaban J connectivity index is 1.64. The predicted molar refractivity (Wildman–Crippen MR) is 185 cm³/mol. The Hall–Kier alpha value is -4.90. The molecular formula is C37H47N3O8. The quantitative estimate of drug-likeness (QED) is 0.0971.